The third kappa shape index (κ3) is 2.59. The van der Waals surface area contributed by atoms with E-state index in [0.29, 0.717) is 5.02 Å². The molecule has 1 aromatic heterocycles. The van der Waals surface area contributed by atoms with Crippen LogP contribution in [-0.4, -0.2) is 10.8 Å². The number of halogens is 1. The minimum atomic E-state index is 0.709. The zero-order chi connectivity index (χ0) is 12.4. The zero-order valence-corrected chi connectivity index (χ0v) is 11.0. The van der Waals surface area contributed by atoms with E-state index in [1.165, 1.54) is 11.4 Å². The summed E-state index contributed by atoms with van der Waals surface area (Å²) in [6, 6.07) is 9.66. The van der Waals surface area contributed by atoms with Crippen molar-refractivity contribution in [2.75, 3.05) is 0 Å². The van der Waals surface area contributed by atoms with E-state index in [-0.39, 0.29) is 0 Å². The Hall–Kier alpha value is -1.54. The van der Waals surface area contributed by atoms with Gasteiger partial charge in [0.1, 0.15) is 0 Å². The molecule has 0 aliphatic carbocycles. The molecule has 0 saturated heterocycles. The van der Waals surface area contributed by atoms with Crippen molar-refractivity contribution in [2.24, 2.45) is 12.0 Å². The predicted octanol–water partition coefficient (Wildman–Crippen LogP) is 4.05. The van der Waals surface area contributed by atoms with Crippen molar-refractivity contribution in [1.82, 2.24) is 4.57 Å². The van der Waals surface area contributed by atoms with Crippen molar-refractivity contribution in [2.45, 2.75) is 13.8 Å². The molecular formula is C14H15ClN2. The molecule has 0 saturated carbocycles. The molecular weight excluding hydrogens is 232 g/mol. The second-order valence-corrected chi connectivity index (χ2v) is 4.56. The normalized spacial score (nSPS) is 11.3. The molecule has 0 radical (unpaired) electrons. The van der Waals surface area contributed by atoms with E-state index in [2.05, 4.69) is 36.5 Å². The summed E-state index contributed by atoms with van der Waals surface area (Å²) in [5, 5.41) is 0.709. The molecule has 88 valence electrons. The number of rotatable bonds is 2. The summed E-state index contributed by atoms with van der Waals surface area (Å²) >= 11 is 5.91. The zero-order valence-electron chi connectivity index (χ0n) is 10.2. The molecule has 0 unspecified atom stereocenters. The molecule has 0 fully saturated rings. The van der Waals surface area contributed by atoms with Gasteiger partial charge in [-0.05, 0) is 38.1 Å². The SMILES string of the molecule is Cc1cc(C=Nc2cccc(Cl)c2)c(C)n1C. The maximum atomic E-state index is 5.91. The molecule has 2 rings (SSSR count). The van der Waals surface area contributed by atoms with Crippen molar-refractivity contribution in [3.63, 3.8) is 0 Å². The highest BCUT2D eigenvalue weighted by molar-refractivity contribution is 6.30. The predicted molar refractivity (Wildman–Crippen MR) is 73.6 cm³/mol. The molecule has 1 aromatic carbocycles. The first-order valence-corrected chi connectivity index (χ1v) is 5.88. The monoisotopic (exact) mass is 246 g/mol. The van der Waals surface area contributed by atoms with Gasteiger partial charge in [-0.3, -0.25) is 4.99 Å². The average Bonchev–Trinajstić information content (AvgIpc) is 2.54. The van der Waals surface area contributed by atoms with Crippen molar-refractivity contribution in [3.05, 3.63) is 52.3 Å². The van der Waals surface area contributed by atoms with Gasteiger partial charge in [0.2, 0.25) is 0 Å². The molecule has 0 aliphatic rings. The molecule has 0 bridgehead atoms. The number of aryl methyl sites for hydroxylation is 1. The van der Waals surface area contributed by atoms with Gasteiger partial charge in [-0.1, -0.05) is 17.7 Å². The lowest BCUT2D eigenvalue weighted by Gasteiger charge is -1.98. The quantitative estimate of drug-likeness (QED) is 0.712. The summed E-state index contributed by atoms with van der Waals surface area (Å²) < 4.78 is 2.15. The second-order valence-electron chi connectivity index (χ2n) is 4.12. The first-order chi connectivity index (χ1) is 8.08. The lowest BCUT2D eigenvalue weighted by molar-refractivity contribution is 0.843. The van der Waals surface area contributed by atoms with Crippen LogP contribution in [0.4, 0.5) is 5.69 Å². The van der Waals surface area contributed by atoms with E-state index in [1.54, 1.807) is 0 Å². The maximum Gasteiger partial charge on any atom is 0.0644 e. The highest BCUT2D eigenvalue weighted by Gasteiger charge is 2.03. The van der Waals surface area contributed by atoms with Gasteiger partial charge in [-0.15, -0.1) is 0 Å². The summed E-state index contributed by atoms with van der Waals surface area (Å²) in [4.78, 5) is 4.43. The first-order valence-electron chi connectivity index (χ1n) is 5.50. The van der Waals surface area contributed by atoms with Gasteiger partial charge >= 0.3 is 0 Å². The Balaban J connectivity index is 2.29. The van der Waals surface area contributed by atoms with E-state index in [0.717, 1.165) is 11.3 Å². The van der Waals surface area contributed by atoms with Gasteiger partial charge in [-0.2, -0.15) is 0 Å². The molecule has 1 heterocycles. The summed E-state index contributed by atoms with van der Waals surface area (Å²) in [5.74, 6) is 0. The Morgan fingerprint density at radius 2 is 2.00 bits per heavy atom. The summed E-state index contributed by atoms with van der Waals surface area (Å²) in [7, 11) is 2.06. The molecule has 0 aliphatic heterocycles. The molecule has 17 heavy (non-hydrogen) atoms. The van der Waals surface area contributed by atoms with Crippen LogP contribution in [0.5, 0.6) is 0 Å². The van der Waals surface area contributed by atoms with Crippen LogP contribution >= 0.6 is 11.6 Å². The van der Waals surface area contributed by atoms with E-state index < -0.39 is 0 Å². The minimum Gasteiger partial charge on any atom is -0.352 e. The Labute approximate surface area is 107 Å². The number of nitrogens with zero attached hydrogens (tertiary/aromatic N) is 2. The molecule has 2 nitrogen and oxygen atoms in total. The lowest BCUT2D eigenvalue weighted by Crippen LogP contribution is -1.93. The number of hydrogen-bond donors (Lipinski definition) is 0. The third-order valence-electron chi connectivity index (χ3n) is 2.98. The molecule has 2 aromatic rings. The van der Waals surface area contributed by atoms with Crippen LogP contribution in [-0.2, 0) is 7.05 Å². The number of aromatic nitrogens is 1. The number of aliphatic imine (C=N–C) groups is 1. The Kier molecular flexibility index (Phi) is 3.34. The van der Waals surface area contributed by atoms with Gasteiger partial charge in [0, 0.05) is 35.2 Å². The fraction of sp³-hybridized carbons (Fsp3) is 0.214. The Bertz CT molecular complexity index is 568. The van der Waals surface area contributed by atoms with Gasteiger partial charge < -0.3 is 4.57 Å². The highest BCUT2D eigenvalue weighted by atomic mass is 35.5. The van der Waals surface area contributed by atoms with Crippen molar-refractivity contribution >= 4 is 23.5 Å². The third-order valence-corrected chi connectivity index (χ3v) is 3.21. The summed E-state index contributed by atoms with van der Waals surface area (Å²) in [6.07, 6.45) is 1.88. The van der Waals surface area contributed by atoms with Crippen LogP contribution in [0, 0.1) is 13.8 Å². The van der Waals surface area contributed by atoms with E-state index >= 15 is 0 Å². The van der Waals surface area contributed by atoms with Gasteiger partial charge in [0.25, 0.3) is 0 Å². The molecule has 0 atom stereocenters. The Morgan fingerprint density at radius 1 is 1.24 bits per heavy atom. The maximum absolute atomic E-state index is 5.91. The number of benzene rings is 1. The smallest absolute Gasteiger partial charge is 0.0644 e. The van der Waals surface area contributed by atoms with E-state index in [9.17, 15) is 0 Å². The Morgan fingerprint density at radius 3 is 2.59 bits per heavy atom. The molecule has 0 N–H and O–H groups in total. The van der Waals surface area contributed by atoms with Crippen LogP contribution in [0.25, 0.3) is 0 Å². The topological polar surface area (TPSA) is 17.3 Å². The van der Waals surface area contributed by atoms with Crippen LogP contribution in [0.3, 0.4) is 0 Å². The molecule has 3 heteroatoms. The standard InChI is InChI=1S/C14H15ClN2/c1-10-7-12(11(2)17(10)3)9-16-14-6-4-5-13(15)8-14/h4-9H,1-3H3. The van der Waals surface area contributed by atoms with Crippen LogP contribution < -0.4 is 0 Å². The summed E-state index contributed by atoms with van der Waals surface area (Å²) in [6.45, 7) is 4.18. The van der Waals surface area contributed by atoms with Crippen molar-refractivity contribution < 1.29 is 0 Å². The van der Waals surface area contributed by atoms with Crippen molar-refractivity contribution in [1.29, 1.82) is 0 Å². The van der Waals surface area contributed by atoms with E-state index in [1.807, 2.05) is 30.5 Å². The van der Waals surface area contributed by atoms with Gasteiger partial charge in [-0.25, -0.2) is 0 Å². The molecule has 0 spiro atoms. The summed E-state index contributed by atoms with van der Waals surface area (Å²) in [5.41, 5.74) is 4.46. The number of hydrogen-bond acceptors (Lipinski definition) is 1. The minimum absolute atomic E-state index is 0.709. The van der Waals surface area contributed by atoms with Crippen LogP contribution in [0.2, 0.25) is 5.02 Å². The fourth-order valence-electron chi connectivity index (χ4n) is 1.72. The largest absolute Gasteiger partial charge is 0.352 e. The van der Waals surface area contributed by atoms with Gasteiger partial charge in [0.05, 0.1) is 5.69 Å². The first kappa shape index (κ1) is 11.9. The average molecular weight is 247 g/mol. The lowest BCUT2D eigenvalue weighted by atomic mass is 10.2. The fourth-order valence-corrected chi connectivity index (χ4v) is 1.90. The van der Waals surface area contributed by atoms with Crippen molar-refractivity contribution in [3.8, 4) is 0 Å². The van der Waals surface area contributed by atoms with Gasteiger partial charge in [0.15, 0.2) is 0 Å². The van der Waals surface area contributed by atoms with Crippen LogP contribution in [0.1, 0.15) is 17.0 Å². The highest BCUT2D eigenvalue weighted by Crippen LogP contribution is 2.18. The van der Waals surface area contributed by atoms with E-state index in [4.69, 9.17) is 11.6 Å². The molecule has 0 amide bonds. The van der Waals surface area contributed by atoms with Crippen LogP contribution in [0.15, 0.2) is 35.3 Å². The second kappa shape index (κ2) is 4.76.